The predicted molar refractivity (Wildman–Crippen MR) is 90.3 cm³/mol. The predicted octanol–water partition coefficient (Wildman–Crippen LogP) is 0.889. The quantitative estimate of drug-likeness (QED) is 0.658. The Morgan fingerprint density at radius 1 is 1.21 bits per heavy atom. The molecule has 6 heteroatoms. The van der Waals surface area contributed by atoms with Crippen molar-refractivity contribution in [1.29, 1.82) is 0 Å². The summed E-state index contributed by atoms with van der Waals surface area (Å²) in [6, 6.07) is 8.81. The van der Waals surface area contributed by atoms with Gasteiger partial charge in [0, 0.05) is 13.0 Å². The van der Waals surface area contributed by atoms with E-state index in [2.05, 4.69) is 5.32 Å². The van der Waals surface area contributed by atoms with E-state index in [1.54, 1.807) is 11.8 Å². The van der Waals surface area contributed by atoms with Gasteiger partial charge in [-0.05, 0) is 24.9 Å². The van der Waals surface area contributed by atoms with Crippen LogP contribution in [-0.4, -0.2) is 65.1 Å². The number of aryl methyl sites for hydroxylation is 1. The van der Waals surface area contributed by atoms with Gasteiger partial charge in [0.1, 0.15) is 6.67 Å². The lowest BCUT2D eigenvalue weighted by atomic mass is 10.1. The number of hydrogen-bond acceptors (Lipinski definition) is 4. The molecule has 134 valence electrons. The molecule has 4 atom stereocenters. The Morgan fingerprint density at radius 2 is 1.88 bits per heavy atom. The summed E-state index contributed by atoms with van der Waals surface area (Å²) in [6.07, 6.45) is -0.199. The van der Waals surface area contributed by atoms with Crippen LogP contribution in [0, 0.1) is 0 Å². The highest BCUT2D eigenvalue weighted by Crippen LogP contribution is 2.26. The fourth-order valence-electron chi connectivity index (χ4n) is 3.30. The molecular weight excluding hydrogens is 311 g/mol. The number of likely N-dealkylation sites (tertiary alicyclic amines) is 1. The van der Waals surface area contributed by atoms with Gasteiger partial charge < -0.3 is 15.5 Å². The highest BCUT2D eigenvalue weighted by atomic mass is 19.1. The van der Waals surface area contributed by atoms with Crippen LogP contribution in [0.2, 0.25) is 0 Å². The van der Waals surface area contributed by atoms with Crippen molar-refractivity contribution in [1.82, 2.24) is 10.2 Å². The smallest absolute Gasteiger partial charge is 0.219 e. The molecule has 0 saturated carbocycles. The maximum Gasteiger partial charge on any atom is 0.219 e. The number of alkyl halides is 1. The van der Waals surface area contributed by atoms with Crippen molar-refractivity contribution in [3.63, 3.8) is 0 Å². The minimum atomic E-state index is -1.13. The third kappa shape index (κ3) is 4.53. The average molecular weight is 338 g/mol. The number of carbonyl (C=O) groups excluding carboxylic acids is 1. The largest absolute Gasteiger partial charge is 0.389 e. The summed E-state index contributed by atoms with van der Waals surface area (Å²) in [5.41, 5.74) is 1.20. The minimum Gasteiger partial charge on any atom is -0.389 e. The highest BCUT2D eigenvalue weighted by molar-refractivity contribution is 5.75. The lowest BCUT2D eigenvalue weighted by Crippen LogP contribution is -2.47. The summed E-state index contributed by atoms with van der Waals surface area (Å²) in [5, 5.41) is 23.0. The van der Waals surface area contributed by atoms with E-state index < -0.39 is 31.0 Å². The SMILES string of the molecule is CCC(=O)NC[C@@H]1[C@@H](O)[C@H](O)[C@@H](CF)N1CCCc1ccccc1. The van der Waals surface area contributed by atoms with Crippen molar-refractivity contribution in [2.75, 3.05) is 19.8 Å². The van der Waals surface area contributed by atoms with Crippen LogP contribution in [-0.2, 0) is 11.2 Å². The van der Waals surface area contributed by atoms with Crippen molar-refractivity contribution >= 4 is 5.91 Å². The number of amides is 1. The molecule has 0 radical (unpaired) electrons. The molecule has 1 fully saturated rings. The van der Waals surface area contributed by atoms with E-state index in [-0.39, 0.29) is 12.5 Å². The zero-order valence-corrected chi connectivity index (χ0v) is 14.1. The first-order valence-electron chi connectivity index (χ1n) is 8.57. The molecule has 5 nitrogen and oxygen atoms in total. The summed E-state index contributed by atoms with van der Waals surface area (Å²) >= 11 is 0. The molecular formula is C18H27FN2O3. The second-order valence-electron chi connectivity index (χ2n) is 6.25. The normalized spacial score (nSPS) is 27.3. The monoisotopic (exact) mass is 338 g/mol. The van der Waals surface area contributed by atoms with Gasteiger partial charge in [0.15, 0.2) is 0 Å². The molecule has 1 saturated heterocycles. The van der Waals surface area contributed by atoms with Crippen molar-refractivity contribution in [2.24, 2.45) is 0 Å². The van der Waals surface area contributed by atoms with Crippen molar-refractivity contribution in [2.45, 2.75) is 50.5 Å². The van der Waals surface area contributed by atoms with E-state index in [0.717, 1.165) is 12.8 Å². The highest BCUT2D eigenvalue weighted by Gasteiger charge is 2.47. The molecule has 0 spiro atoms. The Balaban J connectivity index is 1.96. The van der Waals surface area contributed by atoms with E-state index >= 15 is 0 Å². The maximum absolute atomic E-state index is 13.4. The van der Waals surface area contributed by atoms with Gasteiger partial charge in [-0.15, -0.1) is 0 Å². The van der Waals surface area contributed by atoms with Gasteiger partial charge in [0.05, 0.1) is 24.3 Å². The van der Waals surface area contributed by atoms with E-state index in [0.29, 0.717) is 13.0 Å². The van der Waals surface area contributed by atoms with Crippen LogP contribution in [0.1, 0.15) is 25.3 Å². The third-order valence-corrected chi connectivity index (χ3v) is 4.70. The molecule has 1 heterocycles. The summed E-state index contributed by atoms with van der Waals surface area (Å²) in [6.45, 7) is 1.80. The van der Waals surface area contributed by atoms with Crippen LogP contribution in [0.15, 0.2) is 30.3 Å². The molecule has 0 unspecified atom stereocenters. The molecule has 0 bridgehead atoms. The van der Waals surface area contributed by atoms with E-state index in [4.69, 9.17) is 0 Å². The van der Waals surface area contributed by atoms with Gasteiger partial charge in [0.25, 0.3) is 0 Å². The van der Waals surface area contributed by atoms with Crippen molar-refractivity contribution in [3.8, 4) is 0 Å². The lowest BCUT2D eigenvalue weighted by molar-refractivity contribution is -0.121. The Hall–Kier alpha value is -1.50. The molecule has 1 aliphatic rings. The fraction of sp³-hybridized carbons (Fsp3) is 0.611. The van der Waals surface area contributed by atoms with Gasteiger partial charge in [-0.25, -0.2) is 4.39 Å². The number of nitrogens with zero attached hydrogens (tertiary/aromatic N) is 1. The number of carbonyl (C=O) groups is 1. The van der Waals surface area contributed by atoms with Crippen LogP contribution < -0.4 is 5.32 Å². The zero-order valence-electron chi connectivity index (χ0n) is 14.1. The van der Waals surface area contributed by atoms with Gasteiger partial charge in [-0.3, -0.25) is 9.69 Å². The van der Waals surface area contributed by atoms with Crippen LogP contribution in [0.5, 0.6) is 0 Å². The molecule has 1 amide bonds. The molecule has 1 aromatic carbocycles. The third-order valence-electron chi connectivity index (χ3n) is 4.70. The first-order valence-corrected chi connectivity index (χ1v) is 8.57. The van der Waals surface area contributed by atoms with Gasteiger partial charge in [0.2, 0.25) is 5.91 Å². The lowest BCUT2D eigenvalue weighted by Gasteiger charge is -2.29. The number of hydrogen-bond donors (Lipinski definition) is 3. The Labute approximate surface area is 142 Å². The number of nitrogens with one attached hydrogen (secondary N) is 1. The Kier molecular flexibility index (Phi) is 7.15. The van der Waals surface area contributed by atoms with E-state index in [1.165, 1.54) is 5.56 Å². The first-order chi connectivity index (χ1) is 11.6. The molecule has 24 heavy (non-hydrogen) atoms. The van der Waals surface area contributed by atoms with Gasteiger partial charge in [-0.1, -0.05) is 37.3 Å². The van der Waals surface area contributed by atoms with E-state index in [9.17, 15) is 19.4 Å². The molecule has 2 rings (SSSR count). The Morgan fingerprint density at radius 3 is 2.50 bits per heavy atom. The molecule has 0 aromatic heterocycles. The van der Waals surface area contributed by atoms with Gasteiger partial charge >= 0.3 is 0 Å². The number of benzene rings is 1. The fourth-order valence-corrected chi connectivity index (χ4v) is 3.30. The van der Waals surface area contributed by atoms with Crippen molar-refractivity contribution in [3.05, 3.63) is 35.9 Å². The van der Waals surface area contributed by atoms with Crippen LogP contribution >= 0.6 is 0 Å². The summed E-state index contributed by atoms with van der Waals surface area (Å²) in [4.78, 5) is 13.3. The van der Waals surface area contributed by atoms with Crippen molar-refractivity contribution < 1.29 is 19.4 Å². The van der Waals surface area contributed by atoms with Crippen LogP contribution in [0.3, 0.4) is 0 Å². The number of rotatable bonds is 8. The van der Waals surface area contributed by atoms with Gasteiger partial charge in [-0.2, -0.15) is 0 Å². The standard InChI is InChI=1S/C18H27FN2O3/c1-2-16(22)20-12-15-18(24)17(23)14(11-19)21(15)10-6-9-13-7-4-3-5-8-13/h3-5,7-8,14-15,17-18,23-24H,2,6,9-12H2,1H3,(H,20,22)/t14-,15-,17-,18-/m1/s1. The summed E-state index contributed by atoms with van der Waals surface area (Å²) in [7, 11) is 0. The number of halogens is 1. The van der Waals surface area contributed by atoms with Crippen LogP contribution in [0.25, 0.3) is 0 Å². The maximum atomic E-state index is 13.4. The number of aliphatic hydroxyl groups is 2. The minimum absolute atomic E-state index is 0.121. The second-order valence-corrected chi connectivity index (χ2v) is 6.25. The second kappa shape index (κ2) is 9.11. The summed E-state index contributed by atoms with van der Waals surface area (Å²) < 4.78 is 13.4. The molecule has 1 aliphatic heterocycles. The van der Waals surface area contributed by atoms with E-state index in [1.807, 2.05) is 30.3 Å². The molecule has 1 aromatic rings. The Bertz CT molecular complexity index is 514. The topological polar surface area (TPSA) is 72.8 Å². The summed E-state index contributed by atoms with van der Waals surface area (Å²) in [5.74, 6) is -0.121. The first kappa shape index (κ1) is 18.8. The molecule has 0 aliphatic carbocycles. The number of aliphatic hydroxyl groups excluding tert-OH is 2. The average Bonchev–Trinajstić information content (AvgIpc) is 2.84. The molecule has 3 N–H and O–H groups in total. The van der Waals surface area contributed by atoms with Crippen LogP contribution in [0.4, 0.5) is 4.39 Å². The zero-order chi connectivity index (χ0) is 17.5.